The first-order valence-electron chi connectivity index (χ1n) is 13.0. The van der Waals surface area contributed by atoms with Crippen molar-refractivity contribution < 1.29 is 0 Å². The van der Waals surface area contributed by atoms with E-state index in [9.17, 15) is 0 Å². The highest BCUT2D eigenvalue weighted by Gasteiger charge is 2.18. The zero-order valence-electron chi connectivity index (χ0n) is 20.9. The molecule has 2 heteroatoms. The minimum atomic E-state index is 1.12. The van der Waals surface area contributed by atoms with Gasteiger partial charge in [0.1, 0.15) is 0 Å². The third-order valence-corrected chi connectivity index (χ3v) is 7.15. The summed E-state index contributed by atoms with van der Waals surface area (Å²) in [4.78, 5) is 2.32. The topological polar surface area (TPSA) is 8.17 Å². The Morgan fingerprint density at radius 3 is 1.68 bits per heavy atom. The summed E-state index contributed by atoms with van der Waals surface area (Å²) in [5.74, 6) is 0. The van der Waals surface area contributed by atoms with Crippen LogP contribution in [0.2, 0.25) is 0 Å². The number of nitrogens with zero attached hydrogens (tertiary/aromatic N) is 2. The van der Waals surface area contributed by atoms with Gasteiger partial charge in [-0.25, -0.2) is 0 Å². The number of rotatable bonds is 5. The minimum absolute atomic E-state index is 1.12. The molecule has 7 rings (SSSR count). The molecule has 0 atom stereocenters. The van der Waals surface area contributed by atoms with E-state index in [0.717, 1.165) is 22.7 Å². The van der Waals surface area contributed by atoms with Gasteiger partial charge in [-0.05, 0) is 60.2 Å². The van der Waals surface area contributed by atoms with Gasteiger partial charge in [0.05, 0.1) is 11.0 Å². The number of anilines is 3. The van der Waals surface area contributed by atoms with E-state index in [1.54, 1.807) is 0 Å². The van der Waals surface area contributed by atoms with Crippen LogP contribution in [0.3, 0.4) is 0 Å². The minimum Gasteiger partial charge on any atom is -0.310 e. The summed E-state index contributed by atoms with van der Waals surface area (Å²) >= 11 is 0. The van der Waals surface area contributed by atoms with Crippen molar-refractivity contribution in [1.82, 2.24) is 4.57 Å². The maximum absolute atomic E-state index is 2.40. The van der Waals surface area contributed by atoms with Crippen LogP contribution in [0.15, 0.2) is 158 Å². The molecule has 0 saturated carbocycles. The molecule has 0 amide bonds. The Kier molecular flexibility index (Phi) is 5.49. The van der Waals surface area contributed by atoms with Crippen LogP contribution in [-0.2, 0) is 0 Å². The number of benzene rings is 6. The largest absolute Gasteiger partial charge is 0.310 e. The van der Waals surface area contributed by atoms with E-state index in [0.29, 0.717) is 0 Å². The van der Waals surface area contributed by atoms with Gasteiger partial charge in [0.15, 0.2) is 0 Å². The van der Waals surface area contributed by atoms with Gasteiger partial charge >= 0.3 is 0 Å². The third kappa shape index (κ3) is 3.75. The van der Waals surface area contributed by atoms with Gasteiger partial charge in [-0.1, -0.05) is 103 Å². The maximum atomic E-state index is 2.40. The average Bonchev–Trinajstić information content (AvgIpc) is 3.34. The molecule has 0 bridgehead atoms. The van der Waals surface area contributed by atoms with Gasteiger partial charge in [0.25, 0.3) is 0 Å². The number of hydrogen-bond acceptors (Lipinski definition) is 1. The number of para-hydroxylation sites is 5. The summed E-state index contributed by atoms with van der Waals surface area (Å²) in [7, 11) is 0. The molecular weight excluding hydrogens is 460 g/mol. The fraction of sp³-hybridized carbons (Fsp3) is 0. The van der Waals surface area contributed by atoms with E-state index in [1.807, 2.05) is 0 Å². The van der Waals surface area contributed by atoms with Gasteiger partial charge in [-0.2, -0.15) is 0 Å². The molecular formula is C36H26N2. The standard InChI is InChI=1S/C36H26N2/c1-4-15-28(16-5-1)37(29-17-6-2-7-18-29)31-21-12-14-27(26-31)32-23-13-24-34-33-22-10-11-25-35(33)38(36(32)34)30-19-8-3-9-20-30/h1-26H. The van der Waals surface area contributed by atoms with Crippen LogP contribution in [0.5, 0.6) is 0 Å². The Morgan fingerprint density at radius 1 is 0.421 bits per heavy atom. The summed E-state index contributed by atoms with van der Waals surface area (Å²) < 4.78 is 2.40. The molecule has 0 spiro atoms. The van der Waals surface area contributed by atoms with Crippen LogP contribution in [-0.4, -0.2) is 4.57 Å². The second-order valence-corrected chi connectivity index (χ2v) is 9.45. The Balaban J connectivity index is 1.48. The Labute approximate surface area is 222 Å². The van der Waals surface area contributed by atoms with Crippen LogP contribution in [0, 0.1) is 0 Å². The van der Waals surface area contributed by atoms with Crippen molar-refractivity contribution in [2.75, 3.05) is 4.90 Å². The van der Waals surface area contributed by atoms with Gasteiger partial charge in [0.2, 0.25) is 0 Å². The van der Waals surface area contributed by atoms with E-state index >= 15 is 0 Å². The Morgan fingerprint density at radius 2 is 0.974 bits per heavy atom. The Bertz CT molecular complexity index is 1810. The molecule has 0 aliphatic carbocycles. The molecule has 38 heavy (non-hydrogen) atoms. The highest BCUT2D eigenvalue weighted by molar-refractivity contribution is 6.13. The van der Waals surface area contributed by atoms with Crippen LogP contribution in [0.25, 0.3) is 38.6 Å². The smallest absolute Gasteiger partial charge is 0.0619 e. The number of fused-ring (bicyclic) bond motifs is 3. The van der Waals surface area contributed by atoms with Crippen LogP contribution < -0.4 is 4.90 Å². The SMILES string of the molecule is c1ccc(N(c2ccccc2)c2cccc(-c3cccc4c5ccccc5n(-c5ccccc5)c34)c2)cc1. The molecule has 1 heterocycles. The summed E-state index contributed by atoms with van der Waals surface area (Å²) in [5.41, 5.74) is 9.39. The number of hydrogen-bond donors (Lipinski definition) is 0. The normalized spacial score (nSPS) is 11.2. The molecule has 0 fully saturated rings. The van der Waals surface area contributed by atoms with Crippen molar-refractivity contribution in [1.29, 1.82) is 0 Å². The number of aromatic nitrogens is 1. The molecule has 0 radical (unpaired) electrons. The van der Waals surface area contributed by atoms with Crippen LogP contribution in [0.4, 0.5) is 17.1 Å². The molecule has 0 N–H and O–H groups in total. The lowest BCUT2D eigenvalue weighted by Gasteiger charge is -2.26. The zero-order valence-corrected chi connectivity index (χ0v) is 20.9. The maximum Gasteiger partial charge on any atom is 0.0619 e. The van der Waals surface area contributed by atoms with Crippen molar-refractivity contribution in [2.24, 2.45) is 0 Å². The lowest BCUT2D eigenvalue weighted by atomic mass is 10.0. The Hall–Kier alpha value is -5.08. The fourth-order valence-electron chi connectivity index (χ4n) is 5.51. The molecule has 2 nitrogen and oxygen atoms in total. The van der Waals surface area contributed by atoms with Gasteiger partial charge in [-0.3, -0.25) is 0 Å². The molecule has 180 valence electrons. The molecule has 0 unspecified atom stereocenters. The van der Waals surface area contributed by atoms with Gasteiger partial charge in [-0.15, -0.1) is 0 Å². The third-order valence-electron chi connectivity index (χ3n) is 7.15. The molecule has 0 aliphatic rings. The summed E-state index contributed by atoms with van der Waals surface area (Å²) in [6.07, 6.45) is 0. The summed E-state index contributed by atoms with van der Waals surface area (Å²) in [5, 5.41) is 2.52. The highest BCUT2D eigenvalue weighted by atomic mass is 15.1. The van der Waals surface area contributed by atoms with Crippen molar-refractivity contribution in [3.63, 3.8) is 0 Å². The van der Waals surface area contributed by atoms with Crippen LogP contribution >= 0.6 is 0 Å². The van der Waals surface area contributed by atoms with E-state index in [4.69, 9.17) is 0 Å². The lowest BCUT2D eigenvalue weighted by molar-refractivity contribution is 1.18. The van der Waals surface area contributed by atoms with Crippen LogP contribution in [0.1, 0.15) is 0 Å². The van der Waals surface area contributed by atoms with Crippen molar-refractivity contribution in [3.05, 3.63) is 158 Å². The quantitative estimate of drug-likeness (QED) is 0.235. The van der Waals surface area contributed by atoms with E-state index in [-0.39, 0.29) is 0 Å². The molecule has 7 aromatic rings. The first-order chi connectivity index (χ1) is 18.9. The van der Waals surface area contributed by atoms with Gasteiger partial charge < -0.3 is 9.47 Å². The van der Waals surface area contributed by atoms with E-state index < -0.39 is 0 Å². The molecule has 0 saturated heterocycles. The predicted molar refractivity (Wildman–Crippen MR) is 161 cm³/mol. The van der Waals surface area contributed by atoms with Crippen molar-refractivity contribution in [2.45, 2.75) is 0 Å². The van der Waals surface area contributed by atoms with Gasteiger partial charge in [0, 0.05) is 39.1 Å². The molecule has 0 aliphatic heterocycles. The predicted octanol–water partition coefficient (Wildman–Crippen LogP) is 9.92. The zero-order chi connectivity index (χ0) is 25.3. The average molecular weight is 487 g/mol. The fourth-order valence-corrected chi connectivity index (χ4v) is 5.51. The second-order valence-electron chi connectivity index (χ2n) is 9.45. The van der Waals surface area contributed by atoms with Crippen molar-refractivity contribution >= 4 is 38.9 Å². The first-order valence-corrected chi connectivity index (χ1v) is 13.0. The monoisotopic (exact) mass is 486 g/mol. The first kappa shape index (κ1) is 22.1. The molecule has 1 aromatic heterocycles. The second kappa shape index (κ2) is 9.42. The summed E-state index contributed by atoms with van der Waals surface area (Å²) in [6, 6.07) is 56.0. The van der Waals surface area contributed by atoms with Crippen molar-refractivity contribution in [3.8, 4) is 16.8 Å². The lowest BCUT2D eigenvalue weighted by Crippen LogP contribution is -2.09. The van der Waals surface area contributed by atoms with E-state index in [1.165, 1.54) is 32.9 Å². The summed E-state index contributed by atoms with van der Waals surface area (Å²) in [6.45, 7) is 0. The molecule has 6 aromatic carbocycles. The highest BCUT2D eigenvalue weighted by Crippen LogP contribution is 2.40. The van der Waals surface area contributed by atoms with E-state index in [2.05, 4.69) is 167 Å².